The molecule has 0 unspecified atom stereocenters. The van der Waals surface area contributed by atoms with E-state index in [4.69, 9.17) is 0 Å². The number of hydrogen-bond donors (Lipinski definition) is 0. The van der Waals surface area contributed by atoms with Crippen LogP contribution in [0.4, 0.5) is 11.4 Å². The first-order chi connectivity index (χ1) is 12.6. The van der Waals surface area contributed by atoms with Crippen LogP contribution in [-0.4, -0.2) is 36.5 Å². The van der Waals surface area contributed by atoms with Crippen LogP contribution in [0.1, 0.15) is 16.1 Å². The van der Waals surface area contributed by atoms with Gasteiger partial charge in [0.05, 0.1) is 11.9 Å². The zero-order valence-corrected chi connectivity index (χ0v) is 15.0. The molecule has 5 nitrogen and oxygen atoms in total. The van der Waals surface area contributed by atoms with Gasteiger partial charge in [-0.2, -0.15) is 0 Å². The summed E-state index contributed by atoms with van der Waals surface area (Å²) in [6, 6.07) is 17.3. The van der Waals surface area contributed by atoms with E-state index in [9.17, 15) is 4.79 Å². The maximum Gasteiger partial charge on any atom is 0.276 e. The Morgan fingerprint density at radius 1 is 0.923 bits per heavy atom. The normalized spacial score (nSPS) is 10.4. The highest BCUT2D eigenvalue weighted by atomic mass is 16.2. The van der Waals surface area contributed by atoms with Crippen molar-refractivity contribution in [1.29, 1.82) is 0 Å². The van der Waals surface area contributed by atoms with Crippen LogP contribution < -0.4 is 9.80 Å². The lowest BCUT2D eigenvalue weighted by Crippen LogP contribution is -2.27. The molecule has 0 saturated heterocycles. The van der Waals surface area contributed by atoms with Crippen LogP contribution in [0.15, 0.2) is 73.2 Å². The van der Waals surface area contributed by atoms with Crippen LogP contribution in [0, 0.1) is 0 Å². The molecule has 132 valence electrons. The van der Waals surface area contributed by atoms with E-state index in [1.165, 1.54) is 5.56 Å². The monoisotopic (exact) mass is 346 g/mol. The Morgan fingerprint density at radius 3 is 2.31 bits per heavy atom. The second-order valence-electron chi connectivity index (χ2n) is 6.13. The van der Waals surface area contributed by atoms with E-state index in [1.807, 2.05) is 55.6 Å². The van der Waals surface area contributed by atoms with E-state index in [2.05, 4.69) is 14.9 Å². The van der Waals surface area contributed by atoms with Crippen LogP contribution >= 0.6 is 0 Å². The number of para-hydroxylation sites is 1. The Bertz CT molecular complexity index is 835. The lowest BCUT2D eigenvalue weighted by atomic mass is 10.2. The second-order valence-corrected chi connectivity index (χ2v) is 6.13. The fourth-order valence-corrected chi connectivity index (χ4v) is 2.65. The minimum Gasteiger partial charge on any atom is -0.373 e. The van der Waals surface area contributed by atoms with Gasteiger partial charge in [-0.15, -0.1) is 0 Å². The topological polar surface area (TPSA) is 49.3 Å². The SMILES string of the molecule is CN(CCc1ccncc1)c1ccc(C(=O)N(C)c2ccccc2)nc1. The number of nitrogens with zero attached hydrogens (tertiary/aromatic N) is 4. The largest absolute Gasteiger partial charge is 0.373 e. The molecular weight excluding hydrogens is 324 g/mol. The molecule has 0 saturated carbocycles. The highest BCUT2D eigenvalue weighted by molar-refractivity contribution is 6.04. The molecule has 0 radical (unpaired) electrons. The summed E-state index contributed by atoms with van der Waals surface area (Å²) in [5.74, 6) is -0.123. The number of carbonyl (C=O) groups excluding carboxylic acids is 1. The Kier molecular flexibility index (Phi) is 5.59. The standard InChI is InChI=1S/C21H22N4O/c1-24(15-12-17-10-13-22-14-11-17)19-8-9-20(23-16-19)21(26)25(2)18-6-4-3-5-7-18/h3-11,13-14,16H,12,15H2,1-2H3. The molecule has 1 amide bonds. The van der Waals surface area contributed by atoms with Gasteiger partial charge in [0.1, 0.15) is 5.69 Å². The summed E-state index contributed by atoms with van der Waals surface area (Å²) in [6.07, 6.45) is 6.29. The van der Waals surface area contributed by atoms with Crippen molar-refractivity contribution in [3.8, 4) is 0 Å². The number of aromatic nitrogens is 2. The fraction of sp³-hybridized carbons (Fsp3) is 0.190. The molecule has 0 aliphatic carbocycles. The van der Waals surface area contributed by atoms with E-state index in [1.54, 1.807) is 36.6 Å². The second kappa shape index (κ2) is 8.25. The quantitative estimate of drug-likeness (QED) is 0.686. The summed E-state index contributed by atoms with van der Waals surface area (Å²) in [4.78, 5) is 24.7. The average Bonchev–Trinajstić information content (AvgIpc) is 2.72. The third kappa shape index (κ3) is 4.25. The number of rotatable bonds is 6. The van der Waals surface area contributed by atoms with Crippen molar-refractivity contribution in [3.05, 3.63) is 84.4 Å². The molecule has 0 atom stereocenters. The van der Waals surface area contributed by atoms with Gasteiger partial charge in [-0.1, -0.05) is 18.2 Å². The van der Waals surface area contributed by atoms with Crippen molar-refractivity contribution >= 4 is 17.3 Å². The molecule has 0 aliphatic heterocycles. The van der Waals surface area contributed by atoms with Crippen molar-refractivity contribution in [2.24, 2.45) is 0 Å². The van der Waals surface area contributed by atoms with Gasteiger partial charge >= 0.3 is 0 Å². The number of pyridine rings is 2. The highest BCUT2D eigenvalue weighted by Crippen LogP contribution is 2.16. The minimum absolute atomic E-state index is 0.123. The predicted octanol–water partition coefficient (Wildman–Crippen LogP) is 3.43. The molecule has 26 heavy (non-hydrogen) atoms. The van der Waals surface area contributed by atoms with Crippen LogP contribution in [0.2, 0.25) is 0 Å². The van der Waals surface area contributed by atoms with Crippen molar-refractivity contribution in [2.45, 2.75) is 6.42 Å². The molecular formula is C21H22N4O. The number of amides is 1. The molecule has 0 bridgehead atoms. The van der Waals surface area contributed by atoms with E-state index in [0.717, 1.165) is 24.3 Å². The van der Waals surface area contributed by atoms with Crippen LogP contribution in [0.5, 0.6) is 0 Å². The summed E-state index contributed by atoms with van der Waals surface area (Å²) in [7, 11) is 3.78. The molecule has 0 spiro atoms. The first-order valence-electron chi connectivity index (χ1n) is 8.54. The molecule has 0 aliphatic rings. The van der Waals surface area contributed by atoms with Crippen LogP contribution in [-0.2, 0) is 6.42 Å². The number of likely N-dealkylation sites (N-methyl/N-ethyl adjacent to an activating group) is 1. The van der Waals surface area contributed by atoms with Crippen molar-refractivity contribution in [1.82, 2.24) is 9.97 Å². The summed E-state index contributed by atoms with van der Waals surface area (Å²) < 4.78 is 0. The van der Waals surface area contributed by atoms with E-state index >= 15 is 0 Å². The first kappa shape index (κ1) is 17.6. The van der Waals surface area contributed by atoms with E-state index < -0.39 is 0 Å². The van der Waals surface area contributed by atoms with Gasteiger partial charge in [0.15, 0.2) is 0 Å². The molecule has 0 N–H and O–H groups in total. The molecule has 0 fully saturated rings. The zero-order chi connectivity index (χ0) is 18.4. The van der Waals surface area contributed by atoms with Crippen LogP contribution in [0.25, 0.3) is 0 Å². The Balaban J connectivity index is 1.63. The number of benzene rings is 1. The predicted molar refractivity (Wildman–Crippen MR) is 105 cm³/mol. The van der Waals surface area contributed by atoms with Crippen molar-refractivity contribution < 1.29 is 4.79 Å². The third-order valence-electron chi connectivity index (χ3n) is 4.34. The van der Waals surface area contributed by atoms with Gasteiger partial charge in [-0.05, 0) is 48.4 Å². The fourth-order valence-electron chi connectivity index (χ4n) is 2.65. The molecule has 5 heteroatoms. The van der Waals surface area contributed by atoms with E-state index in [0.29, 0.717) is 5.69 Å². The van der Waals surface area contributed by atoms with Gasteiger partial charge in [0, 0.05) is 38.7 Å². The lowest BCUT2D eigenvalue weighted by Gasteiger charge is -2.20. The van der Waals surface area contributed by atoms with Crippen molar-refractivity contribution in [3.63, 3.8) is 0 Å². The maximum atomic E-state index is 12.6. The highest BCUT2D eigenvalue weighted by Gasteiger charge is 2.15. The summed E-state index contributed by atoms with van der Waals surface area (Å²) in [5.41, 5.74) is 3.51. The van der Waals surface area contributed by atoms with Gasteiger partial charge in [0.25, 0.3) is 5.91 Å². The summed E-state index contributed by atoms with van der Waals surface area (Å²) in [5, 5.41) is 0. The smallest absolute Gasteiger partial charge is 0.276 e. The van der Waals surface area contributed by atoms with E-state index in [-0.39, 0.29) is 5.91 Å². The number of carbonyl (C=O) groups is 1. The van der Waals surface area contributed by atoms with Gasteiger partial charge in [0.2, 0.25) is 0 Å². The molecule has 1 aromatic carbocycles. The van der Waals surface area contributed by atoms with Gasteiger partial charge in [-0.25, -0.2) is 4.98 Å². The zero-order valence-electron chi connectivity index (χ0n) is 15.0. The third-order valence-corrected chi connectivity index (χ3v) is 4.34. The Hall–Kier alpha value is -3.21. The van der Waals surface area contributed by atoms with Crippen LogP contribution in [0.3, 0.4) is 0 Å². The molecule has 2 heterocycles. The summed E-state index contributed by atoms with van der Waals surface area (Å²) >= 11 is 0. The average molecular weight is 346 g/mol. The first-order valence-corrected chi connectivity index (χ1v) is 8.54. The molecule has 3 aromatic rings. The van der Waals surface area contributed by atoms with Gasteiger partial charge < -0.3 is 9.80 Å². The number of hydrogen-bond acceptors (Lipinski definition) is 4. The lowest BCUT2D eigenvalue weighted by molar-refractivity contribution is 0.0988. The summed E-state index contributed by atoms with van der Waals surface area (Å²) in [6.45, 7) is 0.864. The Morgan fingerprint density at radius 2 is 1.65 bits per heavy atom. The Labute approximate surface area is 153 Å². The van der Waals surface area contributed by atoms with Gasteiger partial charge in [-0.3, -0.25) is 9.78 Å². The minimum atomic E-state index is -0.123. The molecule has 3 rings (SSSR count). The number of anilines is 2. The molecule has 2 aromatic heterocycles. The maximum absolute atomic E-state index is 12.6. The van der Waals surface area contributed by atoms with Crippen molar-refractivity contribution in [2.75, 3.05) is 30.4 Å².